The van der Waals surface area contributed by atoms with E-state index in [1.807, 2.05) is 18.2 Å². The lowest BCUT2D eigenvalue weighted by Gasteiger charge is -1.82. The summed E-state index contributed by atoms with van der Waals surface area (Å²) in [6.07, 6.45) is 10.5. The molecule has 0 radical (unpaired) electrons. The third-order valence-corrected chi connectivity index (χ3v) is 1.17. The van der Waals surface area contributed by atoms with Gasteiger partial charge in [0.1, 0.15) is 0 Å². The molecule has 0 nitrogen and oxygen atoms in total. The van der Waals surface area contributed by atoms with Crippen LogP contribution in [0.5, 0.6) is 0 Å². The molecule has 0 bridgehead atoms. The summed E-state index contributed by atoms with van der Waals surface area (Å²) in [4.78, 5) is 0. The van der Waals surface area contributed by atoms with Gasteiger partial charge >= 0.3 is 0 Å². The maximum absolute atomic E-state index is 12.5. The van der Waals surface area contributed by atoms with Crippen molar-refractivity contribution in [2.75, 3.05) is 0 Å². The summed E-state index contributed by atoms with van der Waals surface area (Å²) in [5.41, 5.74) is -0.101. The zero-order valence-corrected chi connectivity index (χ0v) is 5.63. The van der Waals surface area contributed by atoms with Crippen molar-refractivity contribution in [2.24, 2.45) is 0 Å². The van der Waals surface area contributed by atoms with E-state index in [1.165, 1.54) is 6.08 Å². The zero-order valence-electron chi connectivity index (χ0n) is 5.63. The topological polar surface area (TPSA) is 0 Å². The molecule has 0 saturated carbocycles. The standard InChI is InChI=1S/C8H8BF/c10-8-6-4-2-1-3-5-7-9-8/h1-7,9H. The summed E-state index contributed by atoms with van der Waals surface area (Å²) in [5.74, 6) is 1.79. The Morgan fingerprint density at radius 2 is 1.70 bits per heavy atom. The van der Waals surface area contributed by atoms with Gasteiger partial charge < -0.3 is 0 Å². The van der Waals surface area contributed by atoms with Crippen molar-refractivity contribution in [1.82, 2.24) is 0 Å². The highest BCUT2D eigenvalue weighted by Crippen LogP contribution is 1.96. The molecular weight excluding hydrogens is 126 g/mol. The Hall–Kier alpha value is -1.05. The summed E-state index contributed by atoms with van der Waals surface area (Å²) >= 11 is 0. The van der Waals surface area contributed by atoms with Crippen LogP contribution >= 0.6 is 0 Å². The Balaban J connectivity index is 2.70. The number of halogens is 1. The average molecular weight is 134 g/mol. The van der Waals surface area contributed by atoms with Gasteiger partial charge in [-0.3, -0.25) is 0 Å². The second-order valence-corrected chi connectivity index (χ2v) is 2.02. The van der Waals surface area contributed by atoms with Crippen LogP contribution in [0, 0.1) is 0 Å². The summed E-state index contributed by atoms with van der Waals surface area (Å²) in [6, 6.07) is 0. The van der Waals surface area contributed by atoms with Gasteiger partial charge in [-0.25, -0.2) is 4.39 Å². The molecule has 1 aliphatic heterocycles. The lowest BCUT2D eigenvalue weighted by Crippen LogP contribution is -1.83. The lowest BCUT2D eigenvalue weighted by atomic mass is 9.76. The Labute approximate surface area is 60.7 Å². The molecule has 0 spiro atoms. The van der Waals surface area contributed by atoms with E-state index in [1.54, 1.807) is 18.1 Å². The molecular formula is C8H8BF. The van der Waals surface area contributed by atoms with Crippen LogP contribution in [0.15, 0.2) is 48.2 Å². The predicted octanol–water partition coefficient (Wildman–Crippen LogP) is 1.87. The molecule has 0 saturated heterocycles. The molecule has 0 aromatic rings. The Morgan fingerprint density at radius 1 is 1.00 bits per heavy atom. The predicted molar refractivity (Wildman–Crippen MR) is 43.8 cm³/mol. The third-order valence-electron chi connectivity index (χ3n) is 1.17. The van der Waals surface area contributed by atoms with Crippen LogP contribution in [-0.2, 0) is 0 Å². The molecule has 50 valence electrons. The zero-order chi connectivity index (χ0) is 7.23. The molecule has 1 aliphatic rings. The number of rotatable bonds is 0. The fourth-order valence-corrected chi connectivity index (χ4v) is 0.680. The van der Waals surface area contributed by atoms with Crippen molar-refractivity contribution in [2.45, 2.75) is 0 Å². The second kappa shape index (κ2) is 3.88. The quantitative estimate of drug-likeness (QED) is 0.443. The van der Waals surface area contributed by atoms with E-state index < -0.39 is 0 Å². The van der Waals surface area contributed by atoms with Crippen molar-refractivity contribution < 1.29 is 4.39 Å². The van der Waals surface area contributed by atoms with E-state index in [9.17, 15) is 4.39 Å². The van der Waals surface area contributed by atoms with E-state index in [-0.39, 0.29) is 5.73 Å². The first-order valence-electron chi connectivity index (χ1n) is 3.24. The van der Waals surface area contributed by atoms with Crippen LogP contribution in [0.4, 0.5) is 4.39 Å². The molecule has 0 amide bonds. The summed E-state index contributed by atoms with van der Waals surface area (Å²) in [7, 11) is 0.397. The highest BCUT2D eigenvalue weighted by atomic mass is 19.1. The highest BCUT2D eigenvalue weighted by Gasteiger charge is 1.90. The molecule has 0 aliphatic carbocycles. The number of hydrogen-bond acceptors (Lipinski definition) is 0. The average Bonchev–Trinajstić information content (AvgIpc) is 2.02. The third kappa shape index (κ3) is 2.49. The second-order valence-electron chi connectivity index (χ2n) is 2.02. The van der Waals surface area contributed by atoms with Crippen LogP contribution in [-0.4, -0.2) is 7.28 Å². The molecule has 0 aromatic heterocycles. The number of allylic oxidation sites excluding steroid dienone is 6. The highest BCUT2D eigenvalue weighted by molar-refractivity contribution is 6.50. The monoisotopic (exact) mass is 134 g/mol. The van der Waals surface area contributed by atoms with E-state index in [4.69, 9.17) is 0 Å². The molecule has 1 rings (SSSR count). The SMILES string of the molecule is FC1=CC=CC=CC=CB1. The first kappa shape index (κ1) is 7.07. The fourth-order valence-electron chi connectivity index (χ4n) is 0.680. The normalized spacial score (nSPS) is 16.7. The van der Waals surface area contributed by atoms with Gasteiger partial charge in [-0.05, 0) is 6.08 Å². The van der Waals surface area contributed by atoms with Gasteiger partial charge in [0.2, 0.25) is 7.28 Å². The summed E-state index contributed by atoms with van der Waals surface area (Å²) in [5, 5.41) is 0. The smallest absolute Gasteiger partial charge is 0.220 e. The van der Waals surface area contributed by atoms with Gasteiger partial charge in [0.05, 0.1) is 5.73 Å². The van der Waals surface area contributed by atoms with E-state index in [0.29, 0.717) is 7.28 Å². The van der Waals surface area contributed by atoms with Gasteiger partial charge in [0, 0.05) is 0 Å². The Kier molecular flexibility index (Phi) is 2.74. The van der Waals surface area contributed by atoms with E-state index in [2.05, 4.69) is 0 Å². The van der Waals surface area contributed by atoms with E-state index in [0.717, 1.165) is 0 Å². The first-order chi connectivity index (χ1) is 4.89. The lowest BCUT2D eigenvalue weighted by molar-refractivity contribution is 0.692. The molecule has 0 aromatic carbocycles. The van der Waals surface area contributed by atoms with Gasteiger partial charge in [0.15, 0.2) is 0 Å². The minimum absolute atomic E-state index is 0.101. The minimum atomic E-state index is -0.101. The Bertz CT molecular complexity index is 211. The minimum Gasteiger partial charge on any atom is -0.223 e. The van der Waals surface area contributed by atoms with Gasteiger partial charge in [-0.15, -0.1) is 5.98 Å². The maximum Gasteiger partial charge on any atom is 0.220 e. The van der Waals surface area contributed by atoms with Crippen molar-refractivity contribution in [3.8, 4) is 0 Å². The maximum atomic E-state index is 12.5. The number of hydrogen-bond donors (Lipinski definition) is 0. The van der Waals surface area contributed by atoms with Gasteiger partial charge in [-0.2, -0.15) is 0 Å². The summed E-state index contributed by atoms with van der Waals surface area (Å²) in [6.45, 7) is 0. The van der Waals surface area contributed by atoms with Gasteiger partial charge in [0.25, 0.3) is 0 Å². The van der Waals surface area contributed by atoms with Gasteiger partial charge in [-0.1, -0.05) is 30.4 Å². The first-order valence-corrected chi connectivity index (χ1v) is 3.24. The molecule has 0 fully saturated rings. The molecule has 0 atom stereocenters. The van der Waals surface area contributed by atoms with E-state index >= 15 is 0 Å². The largest absolute Gasteiger partial charge is 0.223 e. The molecule has 0 unspecified atom stereocenters. The molecule has 0 N–H and O–H groups in total. The van der Waals surface area contributed by atoms with Crippen LogP contribution in [0.2, 0.25) is 0 Å². The molecule has 2 heteroatoms. The molecule has 1 heterocycles. The van der Waals surface area contributed by atoms with Crippen LogP contribution in [0.25, 0.3) is 0 Å². The Morgan fingerprint density at radius 3 is 2.60 bits per heavy atom. The van der Waals surface area contributed by atoms with Crippen molar-refractivity contribution in [3.05, 3.63) is 48.2 Å². The van der Waals surface area contributed by atoms with Crippen LogP contribution in [0.1, 0.15) is 0 Å². The summed E-state index contributed by atoms with van der Waals surface area (Å²) < 4.78 is 12.5. The van der Waals surface area contributed by atoms with Crippen LogP contribution < -0.4 is 0 Å². The molecule has 10 heavy (non-hydrogen) atoms. The van der Waals surface area contributed by atoms with Crippen molar-refractivity contribution in [3.63, 3.8) is 0 Å². The fraction of sp³-hybridized carbons (Fsp3) is 0. The van der Waals surface area contributed by atoms with Crippen molar-refractivity contribution in [1.29, 1.82) is 0 Å². The van der Waals surface area contributed by atoms with Crippen LogP contribution in [0.3, 0.4) is 0 Å². The van der Waals surface area contributed by atoms with Crippen molar-refractivity contribution >= 4 is 7.28 Å².